The molecule has 0 saturated heterocycles. The first-order valence-corrected chi connectivity index (χ1v) is 6.38. The number of carbonyl (C=O) groups is 1. The van der Waals surface area contributed by atoms with Crippen LogP contribution in [0.25, 0.3) is 0 Å². The molecule has 0 fully saturated rings. The molecule has 1 aromatic heterocycles. The van der Waals surface area contributed by atoms with Crippen LogP contribution < -0.4 is 0 Å². The molecule has 0 N–H and O–H groups in total. The summed E-state index contributed by atoms with van der Waals surface area (Å²) in [6, 6.07) is 3.25. The van der Waals surface area contributed by atoms with Gasteiger partial charge < -0.3 is 0 Å². The second-order valence-corrected chi connectivity index (χ2v) is 6.00. The van der Waals surface area contributed by atoms with Crippen LogP contribution in [-0.2, 0) is 0 Å². The molecule has 0 aliphatic rings. The third kappa shape index (κ3) is 2.37. The molecular weight excluding hydrogens is 364 g/mol. The topological polar surface area (TPSA) is 17.1 Å². The summed E-state index contributed by atoms with van der Waals surface area (Å²) in [5.41, 5.74) is -0.192. The van der Waals surface area contributed by atoms with E-state index in [1.807, 2.05) is 22.6 Å². The largest absolute Gasteiger partial charge is 0.288 e. The van der Waals surface area contributed by atoms with E-state index < -0.39 is 28.8 Å². The molecule has 0 aliphatic heterocycles. The van der Waals surface area contributed by atoms with E-state index in [1.54, 1.807) is 11.4 Å². The molecule has 0 spiro atoms. The van der Waals surface area contributed by atoms with E-state index in [1.165, 1.54) is 11.3 Å². The zero-order chi connectivity index (χ0) is 12.6. The van der Waals surface area contributed by atoms with Gasteiger partial charge in [-0.05, 0) is 40.8 Å². The zero-order valence-electron chi connectivity index (χ0n) is 8.14. The third-order valence-corrected chi connectivity index (χ3v) is 3.90. The van der Waals surface area contributed by atoms with Crippen molar-refractivity contribution in [2.45, 2.75) is 0 Å². The van der Waals surface area contributed by atoms with Gasteiger partial charge in [0.15, 0.2) is 23.2 Å². The van der Waals surface area contributed by atoms with Gasteiger partial charge in [0.2, 0.25) is 0 Å². The van der Waals surface area contributed by atoms with Crippen LogP contribution >= 0.6 is 33.9 Å². The van der Waals surface area contributed by atoms with Crippen molar-refractivity contribution in [3.8, 4) is 0 Å². The fraction of sp³-hybridized carbons (Fsp3) is 0. The maximum atomic E-state index is 13.4. The van der Waals surface area contributed by atoms with Gasteiger partial charge in [-0.1, -0.05) is 0 Å². The second-order valence-electron chi connectivity index (χ2n) is 3.19. The highest BCUT2D eigenvalue weighted by molar-refractivity contribution is 14.1. The van der Waals surface area contributed by atoms with Crippen LogP contribution in [0.15, 0.2) is 23.6 Å². The lowest BCUT2D eigenvalue weighted by Gasteiger charge is -2.02. The minimum absolute atomic E-state index is 0.268. The standard InChI is InChI=1S/C11H4F3IOS/c12-7-2-1-6(9(13)10(7)14)11(16)5-3-8(15)17-4-5/h1-4H. The Kier molecular flexibility index (Phi) is 3.53. The lowest BCUT2D eigenvalue weighted by molar-refractivity contribution is 0.103. The SMILES string of the molecule is O=C(c1csc(I)c1)c1ccc(F)c(F)c1F. The lowest BCUT2D eigenvalue weighted by atomic mass is 10.1. The van der Waals surface area contributed by atoms with Gasteiger partial charge in [0.25, 0.3) is 0 Å². The molecule has 0 saturated carbocycles. The molecule has 88 valence electrons. The highest BCUT2D eigenvalue weighted by atomic mass is 127. The molecule has 0 aliphatic carbocycles. The van der Waals surface area contributed by atoms with Gasteiger partial charge in [-0.15, -0.1) is 11.3 Å². The monoisotopic (exact) mass is 368 g/mol. The molecule has 1 aromatic carbocycles. The average Bonchev–Trinajstić information content (AvgIpc) is 2.72. The number of thiophene rings is 1. The Morgan fingerprint density at radius 1 is 1.18 bits per heavy atom. The van der Waals surface area contributed by atoms with E-state index in [0.29, 0.717) is 0 Å². The summed E-state index contributed by atoms with van der Waals surface area (Å²) < 4.78 is 39.9. The molecular formula is C11H4F3IOS. The molecule has 2 aromatic rings. The number of hydrogen-bond donors (Lipinski definition) is 0. The number of halogens is 4. The number of benzene rings is 1. The summed E-state index contributed by atoms with van der Waals surface area (Å²) >= 11 is 3.33. The molecule has 0 amide bonds. The van der Waals surface area contributed by atoms with Crippen LogP contribution in [0.1, 0.15) is 15.9 Å². The summed E-state index contributed by atoms with van der Waals surface area (Å²) in [5.74, 6) is -5.03. The molecule has 2 rings (SSSR count). The molecule has 6 heteroatoms. The molecule has 1 heterocycles. The summed E-state index contributed by atoms with van der Waals surface area (Å²) in [6.07, 6.45) is 0. The van der Waals surface area contributed by atoms with E-state index in [-0.39, 0.29) is 5.56 Å². The smallest absolute Gasteiger partial charge is 0.196 e. The Hall–Kier alpha value is -0.890. The van der Waals surface area contributed by atoms with Crippen molar-refractivity contribution < 1.29 is 18.0 Å². The number of ketones is 1. The first kappa shape index (κ1) is 12.6. The van der Waals surface area contributed by atoms with Crippen molar-refractivity contribution >= 4 is 39.7 Å². The maximum absolute atomic E-state index is 13.4. The Labute approximate surface area is 112 Å². The van der Waals surface area contributed by atoms with Crippen LogP contribution in [0, 0.1) is 20.3 Å². The van der Waals surface area contributed by atoms with Gasteiger partial charge in [-0.2, -0.15) is 0 Å². The van der Waals surface area contributed by atoms with Crippen molar-refractivity contribution in [3.05, 3.63) is 55.0 Å². The maximum Gasteiger partial charge on any atom is 0.196 e. The molecule has 0 atom stereocenters. The second kappa shape index (κ2) is 4.77. The minimum Gasteiger partial charge on any atom is -0.288 e. The number of carbonyl (C=O) groups excluding carboxylic acids is 1. The zero-order valence-corrected chi connectivity index (χ0v) is 11.1. The van der Waals surface area contributed by atoms with Crippen LogP contribution in [-0.4, -0.2) is 5.78 Å². The summed E-state index contributed by atoms with van der Waals surface area (Å²) in [6.45, 7) is 0. The van der Waals surface area contributed by atoms with E-state index in [2.05, 4.69) is 0 Å². The van der Waals surface area contributed by atoms with Crippen LogP contribution in [0.5, 0.6) is 0 Å². The van der Waals surface area contributed by atoms with Crippen molar-refractivity contribution in [2.75, 3.05) is 0 Å². The minimum atomic E-state index is -1.62. The number of hydrogen-bond acceptors (Lipinski definition) is 2. The predicted molar refractivity (Wildman–Crippen MR) is 66.8 cm³/mol. The van der Waals surface area contributed by atoms with E-state index >= 15 is 0 Å². The van der Waals surface area contributed by atoms with E-state index in [4.69, 9.17) is 0 Å². The Morgan fingerprint density at radius 2 is 1.88 bits per heavy atom. The quantitative estimate of drug-likeness (QED) is 0.445. The number of rotatable bonds is 2. The van der Waals surface area contributed by atoms with Crippen LogP contribution in [0.3, 0.4) is 0 Å². The molecule has 0 radical (unpaired) electrons. The first-order chi connectivity index (χ1) is 8.00. The third-order valence-electron chi connectivity index (χ3n) is 2.11. The fourth-order valence-electron chi connectivity index (χ4n) is 1.29. The van der Waals surface area contributed by atoms with Crippen molar-refractivity contribution in [3.63, 3.8) is 0 Å². The Balaban J connectivity index is 2.48. The van der Waals surface area contributed by atoms with Gasteiger partial charge in [0.05, 0.1) is 8.45 Å². The van der Waals surface area contributed by atoms with Crippen molar-refractivity contribution in [1.29, 1.82) is 0 Å². The van der Waals surface area contributed by atoms with E-state index in [9.17, 15) is 18.0 Å². The Bertz CT molecular complexity index is 594. The van der Waals surface area contributed by atoms with Gasteiger partial charge in [-0.25, -0.2) is 13.2 Å². The predicted octanol–water partition coefficient (Wildman–Crippen LogP) is 4.00. The van der Waals surface area contributed by atoms with Crippen molar-refractivity contribution in [1.82, 2.24) is 0 Å². The molecule has 17 heavy (non-hydrogen) atoms. The fourth-order valence-corrected chi connectivity index (χ4v) is 2.61. The Morgan fingerprint density at radius 3 is 2.47 bits per heavy atom. The highest BCUT2D eigenvalue weighted by Crippen LogP contribution is 2.22. The van der Waals surface area contributed by atoms with E-state index in [0.717, 1.165) is 15.0 Å². The van der Waals surface area contributed by atoms with Crippen molar-refractivity contribution in [2.24, 2.45) is 0 Å². The lowest BCUT2D eigenvalue weighted by Crippen LogP contribution is -2.06. The summed E-state index contributed by atoms with van der Waals surface area (Å²) in [7, 11) is 0. The highest BCUT2D eigenvalue weighted by Gasteiger charge is 2.20. The molecule has 0 bridgehead atoms. The molecule has 1 nitrogen and oxygen atoms in total. The van der Waals surface area contributed by atoms with Gasteiger partial charge in [0, 0.05) is 10.9 Å². The van der Waals surface area contributed by atoms with Gasteiger partial charge in [-0.3, -0.25) is 4.79 Å². The normalized spacial score (nSPS) is 10.6. The van der Waals surface area contributed by atoms with Crippen LogP contribution in [0.2, 0.25) is 0 Å². The van der Waals surface area contributed by atoms with Gasteiger partial charge >= 0.3 is 0 Å². The average molecular weight is 368 g/mol. The summed E-state index contributed by atoms with van der Waals surface area (Å²) in [5, 5.41) is 1.55. The van der Waals surface area contributed by atoms with Gasteiger partial charge in [0.1, 0.15) is 0 Å². The summed E-state index contributed by atoms with van der Waals surface area (Å²) in [4.78, 5) is 11.8. The van der Waals surface area contributed by atoms with Crippen LogP contribution in [0.4, 0.5) is 13.2 Å². The molecule has 0 unspecified atom stereocenters. The first-order valence-electron chi connectivity index (χ1n) is 4.43.